The average molecular weight is 339 g/mol. The lowest BCUT2D eigenvalue weighted by Gasteiger charge is -2.22. The summed E-state index contributed by atoms with van der Waals surface area (Å²) in [5, 5.41) is 6.22. The Hall–Kier alpha value is -2.63. The lowest BCUT2D eigenvalue weighted by atomic mass is 9.96. The van der Waals surface area contributed by atoms with Crippen LogP contribution in [0.2, 0.25) is 0 Å². The number of carbonyl (C=O) groups is 1. The molecule has 0 spiro atoms. The fourth-order valence-electron chi connectivity index (χ4n) is 3.00. The number of carbonyl (C=O) groups excluding carboxylic acids is 1. The Balaban J connectivity index is 1.58. The third-order valence-corrected chi connectivity index (χ3v) is 4.49. The Morgan fingerprint density at radius 1 is 1.04 bits per heavy atom. The monoisotopic (exact) mass is 339 g/mol. The van der Waals surface area contributed by atoms with E-state index in [0.717, 1.165) is 24.2 Å². The molecule has 0 aliphatic heterocycles. The number of nitrogens with one attached hydrogen (secondary N) is 2. The highest BCUT2D eigenvalue weighted by molar-refractivity contribution is 6.03. The molecule has 1 fully saturated rings. The molecule has 25 heavy (non-hydrogen) atoms. The third-order valence-electron chi connectivity index (χ3n) is 4.49. The summed E-state index contributed by atoms with van der Waals surface area (Å²) in [5.41, 5.74) is 2.28. The molecule has 1 amide bonds. The summed E-state index contributed by atoms with van der Waals surface area (Å²) in [6, 6.07) is 8.14. The van der Waals surface area contributed by atoms with Crippen molar-refractivity contribution in [2.75, 3.05) is 29.6 Å². The first-order valence-corrected chi connectivity index (χ1v) is 8.79. The van der Waals surface area contributed by atoms with E-state index in [2.05, 4.69) is 20.6 Å². The average Bonchev–Trinajstić information content (AvgIpc) is 2.63. The van der Waals surface area contributed by atoms with E-state index in [-0.39, 0.29) is 5.91 Å². The minimum atomic E-state index is -0.207. The lowest BCUT2D eigenvalue weighted by molar-refractivity contribution is 0.102. The lowest BCUT2D eigenvalue weighted by Crippen LogP contribution is -2.23. The molecule has 1 heterocycles. The first-order valence-electron chi connectivity index (χ1n) is 8.79. The zero-order chi connectivity index (χ0) is 17.6. The van der Waals surface area contributed by atoms with Crippen LogP contribution < -0.4 is 15.5 Å². The molecule has 2 aromatic rings. The maximum absolute atomic E-state index is 12.3. The van der Waals surface area contributed by atoms with Gasteiger partial charge in [0.05, 0.1) is 5.56 Å². The smallest absolute Gasteiger partial charge is 0.258 e. The predicted octanol–water partition coefficient (Wildman–Crippen LogP) is 3.54. The maximum atomic E-state index is 12.3. The van der Waals surface area contributed by atoms with E-state index < -0.39 is 0 Å². The predicted molar refractivity (Wildman–Crippen MR) is 101 cm³/mol. The van der Waals surface area contributed by atoms with Crippen LogP contribution in [-0.2, 0) is 0 Å². The van der Waals surface area contributed by atoms with Gasteiger partial charge in [-0.2, -0.15) is 0 Å². The Morgan fingerprint density at radius 3 is 2.28 bits per heavy atom. The van der Waals surface area contributed by atoms with Crippen molar-refractivity contribution < 1.29 is 4.79 Å². The molecule has 132 valence electrons. The normalized spacial score (nSPS) is 14.8. The minimum absolute atomic E-state index is 0.207. The molecule has 6 nitrogen and oxygen atoms in total. The van der Waals surface area contributed by atoms with E-state index in [0.29, 0.717) is 17.6 Å². The van der Waals surface area contributed by atoms with E-state index in [1.807, 2.05) is 43.3 Å². The van der Waals surface area contributed by atoms with Gasteiger partial charge >= 0.3 is 0 Å². The van der Waals surface area contributed by atoms with Crippen molar-refractivity contribution in [3.8, 4) is 0 Å². The summed E-state index contributed by atoms with van der Waals surface area (Å²) < 4.78 is 0. The van der Waals surface area contributed by atoms with Gasteiger partial charge in [0, 0.05) is 43.9 Å². The van der Waals surface area contributed by atoms with Gasteiger partial charge in [0.2, 0.25) is 5.95 Å². The van der Waals surface area contributed by atoms with Gasteiger partial charge in [-0.25, -0.2) is 9.97 Å². The highest BCUT2D eigenvalue weighted by atomic mass is 16.1. The van der Waals surface area contributed by atoms with Gasteiger partial charge in [0.25, 0.3) is 5.91 Å². The number of aromatic nitrogens is 2. The van der Waals surface area contributed by atoms with E-state index in [9.17, 15) is 4.79 Å². The summed E-state index contributed by atoms with van der Waals surface area (Å²) >= 11 is 0. The molecular weight excluding hydrogens is 314 g/mol. The van der Waals surface area contributed by atoms with Crippen LogP contribution in [0.5, 0.6) is 0 Å². The summed E-state index contributed by atoms with van der Waals surface area (Å²) in [4.78, 5) is 22.9. The fourth-order valence-corrected chi connectivity index (χ4v) is 3.00. The second-order valence-electron chi connectivity index (χ2n) is 6.67. The van der Waals surface area contributed by atoms with Crippen LogP contribution in [0.3, 0.4) is 0 Å². The molecule has 0 bridgehead atoms. The Morgan fingerprint density at radius 2 is 1.68 bits per heavy atom. The van der Waals surface area contributed by atoms with Gasteiger partial charge < -0.3 is 15.5 Å². The topological polar surface area (TPSA) is 70.2 Å². The molecule has 3 rings (SSSR count). The molecule has 1 saturated carbocycles. The number of hydrogen-bond donors (Lipinski definition) is 2. The number of rotatable bonds is 5. The minimum Gasteiger partial charge on any atom is -0.378 e. The molecule has 0 saturated heterocycles. The van der Waals surface area contributed by atoms with Gasteiger partial charge in [-0.3, -0.25) is 4.79 Å². The highest BCUT2D eigenvalue weighted by Gasteiger charge is 2.14. The molecule has 1 aliphatic carbocycles. The van der Waals surface area contributed by atoms with Crippen LogP contribution in [0.15, 0.2) is 36.7 Å². The van der Waals surface area contributed by atoms with Gasteiger partial charge in [-0.05, 0) is 37.1 Å². The van der Waals surface area contributed by atoms with Gasteiger partial charge in [-0.15, -0.1) is 0 Å². The summed E-state index contributed by atoms with van der Waals surface area (Å²) in [6.07, 6.45) is 9.29. The molecule has 1 aromatic carbocycles. The van der Waals surface area contributed by atoms with Crippen LogP contribution in [0, 0.1) is 0 Å². The number of anilines is 3. The molecule has 2 N–H and O–H groups in total. The third kappa shape index (κ3) is 4.68. The fraction of sp³-hybridized carbons (Fsp3) is 0.421. The number of amides is 1. The van der Waals surface area contributed by atoms with Crippen molar-refractivity contribution >= 4 is 23.2 Å². The van der Waals surface area contributed by atoms with Crippen molar-refractivity contribution in [1.29, 1.82) is 0 Å². The Kier molecular flexibility index (Phi) is 5.48. The Labute approximate surface area is 148 Å². The second kappa shape index (κ2) is 7.96. The van der Waals surface area contributed by atoms with Crippen molar-refractivity contribution in [2.45, 2.75) is 38.1 Å². The molecule has 0 atom stereocenters. The molecule has 6 heteroatoms. The van der Waals surface area contributed by atoms with Gasteiger partial charge in [-0.1, -0.05) is 19.3 Å². The van der Waals surface area contributed by atoms with E-state index >= 15 is 0 Å². The number of benzene rings is 1. The first-order chi connectivity index (χ1) is 12.1. The van der Waals surface area contributed by atoms with Crippen molar-refractivity contribution in [2.24, 2.45) is 0 Å². The van der Waals surface area contributed by atoms with Crippen molar-refractivity contribution in [3.63, 3.8) is 0 Å². The molecule has 1 aliphatic rings. The largest absolute Gasteiger partial charge is 0.378 e. The van der Waals surface area contributed by atoms with E-state index in [1.54, 1.807) is 12.4 Å². The summed E-state index contributed by atoms with van der Waals surface area (Å²) in [5.74, 6) is 0.389. The molecule has 0 unspecified atom stereocenters. The quantitative estimate of drug-likeness (QED) is 0.872. The van der Waals surface area contributed by atoms with Gasteiger partial charge in [0.1, 0.15) is 0 Å². The molecule has 0 radical (unpaired) electrons. The van der Waals surface area contributed by atoms with Crippen molar-refractivity contribution in [3.05, 3.63) is 42.2 Å². The van der Waals surface area contributed by atoms with Crippen LogP contribution in [0.1, 0.15) is 42.5 Å². The van der Waals surface area contributed by atoms with E-state index in [4.69, 9.17) is 0 Å². The van der Waals surface area contributed by atoms with Crippen LogP contribution >= 0.6 is 0 Å². The number of nitrogens with zero attached hydrogens (tertiary/aromatic N) is 3. The summed E-state index contributed by atoms with van der Waals surface area (Å²) in [7, 11) is 3.96. The summed E-state index contributed by atoms with van der Waals surface area (Å²) in [6.45, 7) is 0. The maximum Gasteiger partial charge on any atom is 0.258 e. The van der Waals surface area contributed by atoms with Crippen LogP contribution in [0.4, 0.5) is 17.3 Å². The van der Waals surface area contributed by atoms with Gasteiger partial charge in [0.15, 0.2) is 0 Å². The van der Waals surface area contributed by atoms with Crippen LogP contribution in [-0.4, -0.2) is 36.0 Å². The van der Waals surface area contributed by atoms with Crippen LogP contribution in [0.25, 0.3) is 0 Å². The standard InChI is InChI=1S/C19H25N5O/c1-24(2)17-10-8-16(9-11-17)22-18(25)14-12-20-19(21-13-14)23-15-6-4-3-5-7-15/h8-13,15H,3-7H2,1-2H3,(H,22,25)(H,20,21,23). The number of hydrogen-bond acceptors (Lipinski definition) is 5. The Bertz CT molecular complexity index is 691. The van der Waals surface area contributed by atoms with Crippen molar-refractivity contribution in [1.82, 2.24) is 9.97 Å². The second-order valence-corrected chi connectivity index (χ2v) is 6.67. The molecular formula is C19H25N5O. The molecule has 1 aromatic heterocycles. The highest BCUT2D eigenvalue weighted by Crippen LogP contribution is 2.20. The SMILES string of the molecule is CN(C)c1ccc(NC(=O)c2cnc(NC3CCCCC3)nc2)cc1. The first kappa shape index (κ1) is 17.2. The zero-order valence-electron chi connectivity index (χ0n) is 14.8. The zero-order valence-corrected chi connectivity index (χ0v) is 14.8. The van der Waals surface area contributed by atoms with E-state index in [1.165, 1.54) is 19.3 Å².